The number of benzene rings is 1. The molecule has 3 rings (SSSR count). The number of rotatable bonds is 7. The summed E-state index contributed by atoms with van der Waals surface area (Å²) in [5, 5.41) is 16.0. The summed E-state index contributed by atoms with van der Waals surface area (Å²) in [7, 11) is 0. The first kappa shape index (κ1) is 21.2. The molecule has 2 heterocycles. The maximum absolute atomic E-state index is 12.5. The normalized spacial score (nSPS) is 18.7. The third-order valence-corrected chi connectivity index (χ3v) is 5.52. The maximum atomic E-state index is 12.5. The van der Waals surface area contributed by atoms with Crippen molar-refractivity contribution in [3.63, 3.8) is 0 Å². The van der Waals surface area contributed by atoms with Crippen LogP contribution in [0, 0.1) is 17.0 Å². The van der Waals surface area contributed by atoms with E-state index >= 15 is 0 Å². The molecule has 158 valence electrons. The van der Waals surface area contributed by atoms with Crippen LogP contribution in [0.3, 0.4) is 0 Å². The van der Waals surface area contributed by atoms with Crippen LogP contribution < -0.4 is 10.6 Å². The number of aryl methyl sites for hydroxylation is 2. The van der Waals surface area contributed by atoms with Crippen LogP contribution in [0.5, 0.6) is 0 Å². The Morgan fingerprint density at radius 1 is 1.33 bits per heavy atom. The quantitative estimate of drug-likeness (QED) is 0.406. The molecule has 1 unspecified atom stereocenters. The highest BCUT2D eigenvalue weighted by molar-refractivity contribution is 6.03. The fourth-order valence-corrected chi connectivity index (χ4v) is 3.69. The average molecular weight is 413 g/mol. The monoisotopic (exact) mass is 413 g/mol. The van der Waals surface area contributed by atoms with E-state index in [0.717, 1.165) is 5.56 Å². The lowest BCUT2D eigenvalue weighted by Gasteiger charge is -2.35. The molecule has 2 aromatic rings. The molecule has 2 N–H and O–H groups in total. The molecule has 1 aliphatic rings. The molecule has 1 aliphatic heterocycles. The molecule has 1 atom stereocenters. The maximum Gasteiger partial charge on any atom is 0.381 e. The van der Waals surface area contributed by atoms with Crippen molar-refractivity contribution in [2.75, 3.05) is 5.32 Å². The molecule has 1 aromatic heterocycles. The van der Waals surface area contributed by atoms with Crippen molar-refractivity contribution in [1.29, 1.82) is 0 Å². The number of imidazole rings is 1. The minimum Gasteiger partial charge on any atom is -0.358 e. The van der Waals surface area contributed by atoms with E-state index in [1.165, 1.54) is 6.20 Å². The molecule has 0 aliphatic carbocycles. The van der Waals surface area contributed by atoms with Gasteiger partial charge in [0.15, 0.2) is 0 Å². The van der Waals surface area contributed by atoms with E-state index in [-0.39, 0.29) is 36.5 Å². The average Bonchev–Trinajstić information content (AvgIpc) is 3.09. The van der Waals surface area contributed by atoms with E-state index in [4.69, 9.17) is 0 Å². The largest absolute Gasteiger partial charge is 0.381 e. The summed E-state index contributed by atoms with van der Waals surface area (Å²) in [6, 6.07) is 7.03. The van der Waals surface area contributed by atoms with Gasteiger partial charge in [-0.25, -0.2) is 0 Å². The lowest BCUT2D eigenvalue weighted by atomic mass is 9.72. The Morgan fingerprint density at radius 3 is 2.60 bits per heavy atom. The zero-order valence-electron chi connectivity index (χ0n) is 16.8. The van der Waals surface area contributed by atoms with Gasteiger partial charge in [0.05, 0.1) is 5.41 Å². The minimum atomic E-state index is -0.746. The number of nitrogens with one attached hydrogen (secondary N) is 2. The standard InChI is InChI=1S/C20H23N5O5/c1-3-20(10-8-17(26)23-19(20)28)14-4-6-15(7-5-14)22-18(27)9-11-24-12-16(25(29)30)21-13(24)2/h4-7,12H,3,8-11H2,1-2H3,(H,22,27)(H,23,26,28). The fourth-order valence-electron chi connectivity index (χ4n) is 3.69. The Kier molecular flexibility index (Phi) is 5.95. The number of carbonyl (C=O) groups is 3. The van der Waals surface area contributed by atoms with Crippen molar-refractivity contribution in [3.8, 4) is 0 Å². The number of carbonyl (C=O) groups excluding carboxylic acids is 3. The predicted molar refractivity (Wildman–Crippen MR) is 108 cm³/mol. The molecule has 0 spiro atoms. The molecule has 10 nitrogen and oxygen atoms in total. The number of nitrogens with zero attached hydrogens (tertiary/aromatic N) is 3. The second-order valence-corrected chi connectivity index (χ2v) is 7.29. The lowest BCUT2D eigenvalue weighted by molar-refractivity contribution is -0.389. The second-order valence-electron chi connectivity index (χ2n) is 7.29. The number of piperidine rings is 1. The molecule has 10 heteroatoms. The van der Waals surface area contributed by atoms with Gasteiger partial charge in [0.1, 0.15) is 6.20 Å². The van der Waals surface area contributed by atoms with Crippen LogP contribution in [-0.2, 0) is 26.3 Å². The van der Waals surface area contributed by atoms with Crippen molar-refractivity contribution in [3.05, 3.63) is 52.0 Å². The Morgan fingerprint density at radius 2 is 2.03 bits per heavy atom. The highest BCUT2D eigenvalue weighted by Crippen LogP contribution is 2.36. The van der Waals surface area contributed by atoms with Gasteiger partial charge in [-0.1, -0.05) is 19.1 Å². The van der Waals surface area contributed by atoms with Crippen molar-refractivity contribution >= 4 is 29.2 Å². The van der Waals surface area contributed by atoms with E-state index in [1.807, 2.05) is 6.92 Å². The van der Waals surface area contributed by atoms with Crippen LogP contribution in [0.2, 0.25) is 0 Å². The first-order valence-electron chi connectivity index (χ1n) is 9.68. The highest BCUT2D eigenvalue weighted by Gasteiger charge is 2.42. The molecule has 3 amide bonds. The van der Waals surface area contributed by atoms with Crippen LogP contribution in [0.25, 0.3) is 0 Å². The summed E-state index contributed by atoms with van der Waals surface area (Å²) in [6.07, 6.45) is 2.75. The fraction of sp³-hybridized carbons (Fsp3) is 0.400. The van der Waals surface area contributed by atoms with Crippen molar-refractivity contribution < 1.29 is 19.3 Å². The predicted octanol–water partition coefficient (Wildman–Crippen LogP) is 2.21. The Balaban J connectivity index is 1.62. The third-order valence-electron chi connectivity index (χ3n) is 5.52. The number of nitro groups is 1. The van der Waals surface area contributed by atoms with Crippen molar-refractivity contribution in [2.24, 2.45) is 0 Å². The van der Waals surface area contributed by atoms with E-state index in [2.05, 4.69) is 15.6 Å². The van der Waals surface area contributed by atoms with E-state index in [0.29, 0.717) is 30.8 Å². The summed E-state index contributed by atoms with van der Waals surface area (Å²) in [4.78, 5) is 50.2. The molecule has 1 aromatic carbocycles. The highest BCUT2D eigenvalue weighted by atomic mass is 16.6. The van der Waals surface area contributed by atoms with Gasteiger partial charge in [-0.15, -0.1) is 0 Å². The van der Waals surface area contributed by atoms with E-state index in [9.17, 15) is 24.5 Å². The van der Waals surface area contributed by atoms with Gasteiger partial charge in [-0.2, -0.15) is 0 Å². The number of hydrogen-bond acceptors (Lipinski definition) is 6. The van der Waals surface area contributed by atoms with Crippen LogP contribution in [0.1, 0.15) is 44.0 Å². The van der Waals surface area contributed by atoms with Gasteiger partial charge in [0.25, 0.3) is 0 Å². The van der Waals surface area contributed by atoms with Crippen LogP contribution in [0.4, 0.5) is 11.5 Å². The zero-order chi connectivity index (χ0) is 21.9. The third kappa shape index (κ3) is 4.22. The first-order valence-corrected chi connectivity index (χ1v) is 9.68. The van der Waals surface area contributed by atoms with Crippen LogP contribution in [0.15, 0.2) is 30.5 Å². The van der Waals surface area contributed by atoms with Gasteiger partial charge in [0.2, 0.25) is 23.5 Å². The van der Waals surface area contributed by atoms with Crippen LogP contribution in [-0.4, -0.2) is 32.2 Å². The Labute approximate surface area is 172 Å². The summed E-state index contributed by atoms with van der Waals surface area (Å²) in [5.74, 6) is -0.575. The lowest BCUT2D eigenvalue weighted by Crippen LogP contribution is -2.51. The Hall–Kier alpha value is -3.56. The van der Waals surface area contributed by atoms with Crippen LogP contribution >= 0.6 is 0 Å². The van der Waals surface area contributed by atoms with Gasteiger partial charge in [-0.05, 0) is 40.4 Å². The second kappa shape index (κ2) is 8.44. The van der Waals surface area contributed by atoms with Crippen molar-refractivity contribution in [2.45, 2.75) is 51.5 Å². The Bertz CT molecular complexity index is 998. The van der Waals surface area contributed by atoms with Crippen molar-refractivity contribution in [1.82, 2.24) is 14.9 Å². The number of imide groups is 1. The minimum absolute atomic E-state index is 0.125. The first-order chi connectivity index (χ1) is 14.2. The van der Waals surface area contributed by atoms with Gasteiger partial charge in [0, 0.05) is 32.0 Å². The molecule has 1 saturated heterocycles. The zero-order valence-corrected chi connectivity index (χ0v) is 16.8. The molecule has 0 saturated carbocycles. The molecule has 0 radical (unpaired) electrons. The SMILES string of the molecule is CCC1(c2ccc(NC(=O)CCn3cc([N+](=O)[O-])nc3C)cc2)CCC(=O)NC1=O. The summed E-state index contributed by atoms with van der Waals surface area (Å²) < 4.78 is 1.56. The molecule has 1 fully saturated rings. The summed E-state index contributed by atoms with van der Waals surface area (Å²) >= 11 is 0. The van der Waals surface area contributed by atoms with E-state index in [1.54, 1.807) is 35.8 Å². The number of amides is 3. The molecular formula is C20H23N5O5. The molecule has 0 bridgehead atoms. The van der Waals surface area contributed by atoms with Gasteiger partial charge < -0.3 is 20.0 Å². The summed E-state index contributed by atoms with van der Waals surface area (Å²) in [6.45, 7) is 3.82. The summed E-state index contributed by atoms with van der Waals surface area (Å²) in [5.41, 5.74) is 0.634. The number of aromatic nitrogens is 2. The topological polar surface area (TPSA) is 136 Å². The van der Waals surface area contributed by atoms with E-state index < -0.39 is 10.3 Å². The molecule has 30 heavy (non-hydrogen) atoms. The molecular weight excluding hydrogens is 390 g/mol. The van der Waals surface area contributed by atoms with Gasteiger partial charge >= 0.3 is 5.82 Å². The smallest absolute Gasteiger partial charge is 0.358 e. The number of hydrogen-bond donors (Lipinski definition) is 2. The number of anilines is 1. The van der Waals surface area contributed by atoms with Gasteiger partial charge in [-0.3, -0.25) is 19.7 Å².